The highest BCUT2D eigenvalue weighted by Gasteiger charge is 2.33. The third-order valence-corrected chi connectivity index (χ3v) is 5.64. The number of hydrogen-bond acceptors (Lipinski definition) is 3. The lowest BCUT2D eigenvalue weighted by atomic mass is 9.80. The summed E-state index contributed by atoms with van der Waals surface area (Å²) < 4.78 is 0. The minimum Gasteiger partial charge on any atom is -0.369 e. The number of fused-ring (bicyclic) bond motifs is 1. The van der Waals surface area contributed by atoms with Crippen molar-refractivity contribution in [2.75, 3.05) is 17.3 Å². The van der Waals surface area contributed by atoms with Gasteiger partial charge in [0, 0.05) is 24.0 Å². The quantitative estimate of drug-likeness (QED) is 0.589. The van der Waals surface area contributed by atoms with Gasteiger partial charge in [-0.25, -0.2) is 0 Å². The lowest BCUT2D eigenvalue weighted by Gasteiger charge is -2.45. The molecular formula is C24H27N3O. The van der Waals surface area contributed by atoms with Crippen LogP contribution in [0.3, 0.4) is 0 Å². The van der Waals surface area contributed by atoms with E-state index in [1.165, 1.54) is 11.3 Å². The van der Waals surface area contributed by atoms with E-state index in [2.05, 4.69) is 50.2 Å². The highest BCUT2D eigenvalue weighted by molar-refractivity contribution is 6.09. The van der Waals surface area contributed by atoms with Gasteiger partial charge in [-0.05, 0) is 74.6 Å². The zero-order chi connectivity index (χ0) is 20.5. The molecule has 0 spiro atoms. The molecule has 0 aliphatic carbocycles. The molecule has 0 radical (unpaired) electrons. The van der Waals surface area contributed by atoms with Crippen molar-refractivity contribution in [3.05, 3.63) is 64.7 Å². The fourth-order valence-corrected chi connectivity index (χ4v) is 3.84. The van der Waals surface area contributed by atoms with E-state index in [0.717, 1.165) is 17.5 Å². The molecule has 0 aromatic heterocycles. The van der Waals surface area contributed by atoms with E-state index in [0.29, 0.717) is 11.6 Å². The minimum atomic E-state index is -0.393. The Balaban J connectivity index is 1.87. The topological polar surface area (TPSA) is 56.1 Å². The van der Waals surface area contributed by atoms with Gasteiger partial charge < -0.3 is 10.2 Å². The summed E-state index contributed by atoms with van der Waals surface area (Å²) in [6.45, 7) is 8.73. The van der Waals surface area contributed by atoms with Crippen molar-refractivity contribution in [2.45, 2.75) is 45.6 Å². The molecule has 4 heteroatoms. The average Bonchev–Trinajstić information content (AvgIpc) is 2.65. The largest absolute Gasteiger partial charge is 0.369 e. The molecule has 1 aliphatic heterocycles. The molecule has 1 atom stereocenters. The van der Waals surface area contributed by atoms with E-state index in [9.17, 15) is 10.1 Å². The van der Waals surface area contributed by atoms with Crippen LogP contribution in [0.15, 0.2) is 48.0 Å². The van der Waals surface area contributed by atoms with Crippen LogP contribution in [0.25, 0.3) is 6.08 Å². The molecule has 1 heterocycles. The van der Waals surface area contributed by atoms with Gasteiger partial charge >= 0.3 is 0 Å². The van der Waals surface area contributed by atoms with Gasteiger partial charge in [0.15, 0.2) is 0 Å². The maximum absolute atomic E-state index is 12.5. The molecule has 0 saturated heterocycles. The molecule has 4 nitrogen and oxygen atoms in total. The smallest absolute Gasteiger partial charge is 0.266 e. The summed E-state index contributed by atoms with van der Waals surface area (Å²) in [5, 5.41) is 12.3. The van der Waals surface area contributed by atoms with Crippen LogP contribution < -0.4 is 10.2 Å². The third-order valence-electron chi connectivity index (χ3n) is 5.64. The number of nitrogens with zero attached hydrogens (tertiary/aromatic N) is 2. The lowest BCUT2D eigenvalue weighted by Crippen LogP contribution is -2.45. The van der Waals surface area contributed by atoms with Crippen LogP contribution in [0.5, 0.6) is 0 Å². The molecule has 28 heavy (non-hydrogen) atoms. The summed E-state index contributed by atoms with van der Waals surface area (Å²) in [6, 6.07) is 15.7. The Morgan fingerprint density at radius 2 is 1.93 bits per heavy atom. The normalized spacial score (nSPS) is 18.2. The van der Waals surface area contributed by atoms with Gasteiger partial charge in [-0.1, -0.05) is 30.7 Å². The summed E-state index contributed by atoms with van der Waals surface area (Å²) in [5.74, 6) is 0.0249. The molecule has 1 N–H and O–H groups in total. The summed E-state index contributed by atoms with van der Waals surface area (Å²) in [4.78, 5) is 14.8. The van der Waals surface area contributed by atoms with Gasteiger partial charge in [0.25, 0.3) is 5.91 Å². The predicted molar refractivity (Wildman–Crippen MR) is 115 cm³/mol. The Morgan fingerprint density at radius 1 is 1.25 bits per heavy atom. The van der Waals surface area contributed by atoms with Gasteiger partial charge in [-0.15, -0.1) is 0 Å². The number of rotatable bonds is 3. The molecule has 1 amide bonds. The molecule has 3 rings (SSSR count). The first-order chi connectivity index (χ1) is 13.2. The molecule has 2 aromatic rings. The van der Waals surface area contributed by atoms with Crippen molar-refractivity contribution < 1.29 is 4.79 Å². The van der Waals surface area contributed by atoms with E-state index < -0.39 is 5.91 Å². The highest BCUT2D eigenvalue weighted by Crippen LogP contribution is 2.42. The number of anilines is 2. The first-order valence-corrected chi connectivity index (χ1v) is 9.59. The van der Waals surface area contributed by atoms with Crippen molar-refractivity contribution in [1.82, 2.24) is 0 Å². The Hall–Kier alpha value is -3.06. The van der Waals surface area contributed by atoms with Gasteiger partial charge in [-0.2, -0.15) is 5.26 Å². The Kier molecular flexibility index (Phi) is 5.29. The summed E-state index contributed by atoms with van der Waals surface area (Å²) in [5.41, 5.74) is 5.34. The van der Waals surface area contributed by atoms with Crippen LogP contribution in [0.4, 0.5) is 11.4 Å². The third kappa shape index (κ3) is 3.94. The predicted octanol–water partition coefficient (Wildman–Crippen LogP) is 5.26. The maximum atomic E-state index is 12.5. The standard InChI is InChI=1S/C24H27N3O/c1-16-6-9-20(10-7-16)26-23(28)19(15-25)12-18-8-11-22-21(13-18)17(2)14-24(3,4)27(22)5/h6-13,17H,14H2,1-5H3,(H,26,28)/b19-12-. The van der Waals surface area contributed by atoms with Gasteiger partial charge in [-0.3, -0.25) is 4.79 Å². The molecule has 1 unspecified atom stereocenters. The molecular weight excluding hydrogens is 346 g/mol. The Labute approximate surface area is 167 Å². The zero-order valence-electron chi connectivity index (χ0n) is 17.2. The van der Waals surface area contributed by atoms with Crippen molar-refractivity contribution in [3.63, 3.8) is 0 Å². The molecule has 0 saturated carbocycles. The minimum absolute atomic E-state index is 0.0951. The first-order valence-electron chi connectivity index (χ1n) is 9.59. The number of benzene rings is 2. The summed E-state index contributed by atoms with van der Waals surface area (Å²) >= 11 is 0. The van der Waals surface area contributed by atoms with Crippen LogP contribution in [-0.2, 0) is 4.79 Å². The van der Waals surface area contributed by atoms with Crippen LogP contribution in [0.2, 0.25) is 0 Å². The molecule has 144 valence electrons. The van der Waals surface area contributed by atoms with Crippen LogP contribution in [-0.4, -0.2) is 18.5 Å². The monoisotopic (exact) mass is 373 g/mol. The molecule has 0 fully saturated rings. The van der Waals surface area contributed by atoms with E-state index in [1.807, 2.05) is 43.3 Å². The first kappa shape index (κ1) is 19.7. The number of carbonyl (C=O) groups excluding carboxylic acids is 1. The number of amides is 1. The van der Waals surface area contributed by atoms with E-state index in [-0.39, 0.29) is 11.1 Å². The van der Waals surface area contributed by atoms with E-state index >= 15 is 0 Å². The molecule has 2 aromatic carbocycles. The zero-order valence-corrected chi connectivity index (χ0v) is 17.2. The maximum Gasteiger partial charge on any atom is 0.266 e. The second-order valence-electron chi connectivity index (χ2n) is 8.28. The average molecular weight is 374 g/mol. The fraction of sp³-hybridized carbons (Fsp3) is 0.333. The number of nitrogens with one attached hydrogen (secondary N) is 1. The SMILES string of the molecule is Cc1ccc(NC(=O)/C(C#N)=C\c2ccc3c(c2)C(C)CC(C)(C)N3C)cc1. The Morgan fingerprint density at radius 3 is 2.57 bits per heavy atom. The highest BCUT2D eigenvalue weighted by atomic mass is 16.1. The number of carbonyl (C=O) groups is 1. The molecule has 1 aliphatic rings. The summed E-state index contributed by atoms with van der Waals surface area (Å²) in [6.07, 6.45) is 2.72. The van der Waals surface area contributed by atoms with Crippen molar-refractivity contribution >= 4 is 23.4 Å². The number of aryl methyl sites for hydroxylation is 1. The van der Waals surface area contributed by atoms with Crippen molar-refractivity contribution in [1.29, 1.82) is 5.26 Å². The van der Waals surface area contributed by atoms with E-state index in [1.54, 1.807) is 6.08 Å². The lowest BCUT2D eigenvalue weighted by molar-refractivity contribution is -0.112. The summed E-state index contributed by atoms with van der Waals surface area (Å²) in [7, 11) is 2.12. The van der Waals surface area contributed by atoms with Gasteiger partial charge in [0.05, 0.1) is 0 Å². The van der Waals surface area contributed by atoms with E-state index in [4.69, 9.17) is 0 Å². The van der Waals surface area contributed by atoms with Gasteiger partial charge in [0.2, 0.25) is 0 Å². The second-order valence-corrected chi connectivity index (χ2v) is 8.28. The van der Waals surface area contributed by atoms with Crippen molar-refractivity contribution in [3.8, 4) is 6.07 Å². The van der Waals surface area contributed by atoms with Gasteiger partial charge in [0.1, 0.15) is 11.6 Å². The van der Waals surface area contributed by atoms with Crippen LogP contribution in [0.1, 0.15) is 49.8 Å². The number of hydrogen-bond donors (Lipinski definition) is 1. The number of nitriles is 1. The van der Waals surface area contributed by atoms with Crippen LogP contribution in [0, 0.1) is 18.3 Å². The van der Waals surface area contributed by atoms with Crippen LogP contribution >= 0.6 is 0 Å². The Bertz CT molecular complexity index is 964. The second kappa shape index (κ2) is 7.52. The fourth-order valence-electron chi connectivity index (χ4n) is 3.84. The molecule has 0 bridgehead atoms. The van der Waals surface area contributed by atoms with Crippen molar-refractivity contribution in [2.24, 2.45) is 0 Å².